The molecule has 0 radical (unpaired) electrons. The van der Waals surface area contributed by atoms with Gasteiger partial charge in [-0.25, -0.2) is 0 Å². The van der Waals surface area contributed by atoms with Crippen LogP contribution in [0.4, 0.5) is 0 Å². The summed E-state index contributed by atoms with van der Waals surface area (Å²) in [5.41, 5.74) is 4.30. The molecule has 0 bridgehead atoms. The Labute approximate surface area is 77.5 Å². The molecular formula is C11H14O2. The molecule has 0 spiro atoms. The third kappa shape index (κ3) is 1.37. The lowest BCUT2D eigenvalue weighted by Crippen LogP contribution is -1.91. The Morgan fingerprint density at radius 2 is 1.92 bits per heavy atom. The minimum Gasteiger partial charge on any atom is -0.285 e. The monoisotopic (exact) mass is 178 g/mol. The summed E-state index contributed by atoms with van der Waals surface area (Å²) < 4.78 is 9.91. The van der Waals surface area contributed by atoms with Crippen molar-refractivity contribution in [3.63, 3.8) is 0 Å². The second-order valence-electron chi connectivity index (χ2n) is 3.47. The summed E-state index contributed by atoms with van der Waals surface area (Å²) in [6.45, 7) is 4.23. The second kappa shape index (κ2) is 3.29. The highest BCUT2D eigenvalue weighted by atomic mass is 17.0. The lowest BCUT2D eigenvalue weighted by atomic mass is 10.1. The van der Waals surface area contributed by atoms with Gasteiger partial charge in [-0.05, 0) is 19.8 Å². The van der Waals surface area contributed by atoms with Gasteiger partial charge in [0.1, 0.15) is 0 Å². The van der Waals surface area contributed by atoms with Crippen molar-refractivity contribution in [2.75, 3.05) is 0 Å². The van der Waals surface area contributed by atoms with Crippen LogP contribution in [0.3, 0.4) is 0 Å². The fraction of sp³-hybridized carbons (Fsp3) is 0.455. The van der Waals surface area contributed by atoms with E-state index in [-0.39, 0.29) is 0 Å². The van der Waals surface area contributed by atoms with Crippen molar-refractivity contribution in [2.45, 2.75) is 33.1 Å². The van der Waals surface area contributed by atoms with Crippen molar-refractivity contribution < 1.29 is 9.15 Å². The lowest BCUT2D eigenvalue weighted by molar-refractivity contribution is 0.0574. The molecule has 70 valence electrons. The summed E-state index contributed by atoms with van der Waals surface area (Å²) in [5, 5.41) is 0. The molecule has 0 amide bonds. The Morgan fingerprint density at radius 1 is 1.15 bits per heavy atom. The van der Waals surface area contributed by atoms with Crippen LogP contribution in [-0.2, 0) is 6.42 Å². The van der Waals surface area contributed by atoms with Crippen LogP contribution in [-0.4, -0.2) is 0 Å². The van der Waals surface area contributed by atoms with Crippen molar-refractivity contribution >= 4 is 11.2 Å². The topological polar surface area (TPSA) is 26.3 Å². The van der Waals surface area contributed by atoms with Gasteiger partial charge in [0.05, 0.1) is 0 Å². The van der Waals surface area contributed by atoms with E-state index in [0.717, 1.165) is 23.2 Å². The first-order chi connectivity index (χ1) is 6.33. The molecule has 0 unspecified atom stereocenters. The predicted octanol–water partition coefficient (Wildman–Crippen LogP) is 3.68. The molecule has 0 saturated heterocycles. The summed E-state index contributed by atoms with van der Waals surface area (Å²) in [5.74, 6) is 0. The van der Waals surface area contributed by atoms with Crippen LogP contribution in [0.25, 0.3) is 11.2 Å². The van der Waals surface area contributed by atoms with Crippen molar-refractivity contribution in [3.8, 4) is 0 Å². The number of benzene rings is 1. The van der Waals surface area contributed by atoms with E-state index >= 15 is 0 Å². The third-order valence-corrected chi connectivity index (χ3v) is 2.40. The molecule has 0 aliphatic rings. The maximum Gasteiger partial charge on any atom is 0.229 e. The highest BCUT2D eigenvalue weighted by Gasteiger charge is 2.12. The van der Waals surface area contributed by atoms with Crippen LogP contribution >= 0.6 is 0 Å². The molecule has 0 fully saturated rings. The van der Waals surface area contributed by atoms with E-state index in [1.165, 1.54) is 18.4 Å². The Morgan fingerprint density at radius 3 is 2.54 bits per heavy atom. The van der Waals surface area contributed by atoms with Crippen molar-refractivity contribution in [2.24, 2.45) is 0 Å². The Kier molecular flexibility index (Phi) is 2.13. The zero-order valence-electron chi connectivity index (χ0n) is 8.09. The third-order valence-electron chi connectivity index (χ3n) is 2.40. The highest BCUT2D eigenvalue weighted by molar-refractivity contribution is 5.78. The van der Waals surface area contributed by atoms with E-state index < -0.39 is 0 Å². The first kappa shape index (κ1) is 8.42. The molecule has 1 aromatic heterocycles. The quantitative estimate of drug-likeness (QED) is 0.670. The van der Waals surface area contributed by atoms with E-state index in [0.29, 0.717) is 0 Å². The lowest BCUT2D eigenvalue weighted by Gasteiger charge is -2.06. The molecule has 2 aromatic rings. The van der Waals surface area contributed by atoms with Gasteiger partial charge in [-0.3, -0.25) is 9.15 Å². The summed E-state index contributed by atoms with van der Waals surface area (Å²) in [4.78, 5) is 0. The van der Waals surface area contributed by atoms with Gasteiger partial charge in [-0.15, -0.1) is 0 Å². The van der Waals surface area contributed by atoms with Crippen molar-refractivity contribution in [1.29, 1.82) is 0 Å². The van der Waals surface area contributed by atoms with Gasteiger partial charge >= 0.3 is 0 Å². The number of hydrogen-bond donors (Lipinski definition) is 0. The van der Waals surface area contributed by atoms with Gasteiger partial charge < -0.3 is 0 Å². The Balaban J connectivity index is 2.31. The average molecular weight is 178 g/mol. The highest BCUT2D eigenvalue weighted by Crippen LogP contribution is 2.26. The zero-order valence-corrected chi connectivity index (χ0v) is 8.09. The fourth-order valence-electron chi connectivity index (χ4n) is 1.51. The molecule has 1 aromatic carbocycles. The van der Waals surface area contributed by atoms with E-state index in [2.05, 4.69) is 19.1 Å². The fourth-order valence-corrected chi connectivity index (χ4v) is 1.51. The number of hydrogen-bond acceptors (Lipinski definition) is 2. The van der Waals surface area contributed by atoms with Gasteiger partial charge in [0, 0.05) is 11.1 Å². The summed E-state index contributed by atoms with van der Waals surface area (Å²) in [6.07, 6.45) is 3.50. The molecule has 13 heavy (non-hydrogen) atoms. The van der Waals surface area contributed by atoms with Crippen LogP contribution in [0.2, 0.25) is 0 Å². The first-order valence-electron chi connectivity index (χ1n) is 4.80. The molecule has 0 aliphatic carbocycles. The standard InChI is InChI=1S/C11H14O2/c1-3-4-5-9-7-6-8(2)10-11(9)13-12-10/h6-7H,3-5H2,1-2H3. The molecule has 0 atom stereocenters. The van der Waals surface area contributed by atoms with Crippen LogP contribution in [0, 0.1) is 6.92 Å². The van der Waals surface area contributed by atoms with Crippen LogP contribution in [0.15, 0.2) is 21.3 Å². The van der Waals surface area contributed by atoms with Gasteiger partial charge in [-0.1, -0.05) is 25.5 Å². The van der Waals surface area contributed by atoms with Crippen molar-refractivity contribution in [3.05, 3.63) is 23.3 Å². The molecule has 0 aliphatic heterocycles. The first-order valence-corrected chi connectivity index (χ1v) is 4.80. The second-order valence-corrected chi connectivity index (χ2v) is 3.47. The maximum atomic E-state index is 4.99. The van der Waals surface area contributed by atoms with E-state index in [1.807, 2.05) is 6.92 Å². The Bertz CT molecular complexity index is 395. The van der Waals surface area contributed by atoms with Gasteiger partial charge in [0.2, 0.25) is 11.2 Å². The summed E-state index contributed by atoms with van der Waals surface area (Å²) in [6, 6.07) is 4.22. The minimum absolute atomic E-state index is 0.925. The van der Waals surface area contributed by atoms with Gasteiger partial charge in [0.25, 0.3) is 0 Å². The van der Waals surface area contributed by atoms with Crippen molar-refractivity contribution in [1.82, 2.24) is 0 Å². The SMILES string of the molecule is CCCCc1ccc(C)c2ooc12. The number of aryl methyl sites for hydroxylation is 2. The smallest absolute Gasteiger partial charge is 0.229 e. The molecule has 2 heteroatoms. The minimum atomic E-state index is 0.925. The molecule has 2 rings (SSSR count). The molecule has 1 heterocycles. The number of unbranched alkanes of at least 4 members (excludes halogenated alkanes) is 1. The average Bonchev–Trinajstić information content (AvgIpc) is 2.05. The van der Waals surface area contributed by atoms with E-state index in [4.69, 9.17) is 9.15 Å². The summed E-state index contributed by atoms with van der Waals surface area (Å²) in [7, 11) is 0. The number of rotatable bonds is 3. The van der Waals surface area contributed by atoms with E-state index in [9.17, 15) is 0 Å². The summed E-state index contributed by atoms with van der Waals surface area (Å²) >= 11 is 0. The number of fused-ring (bicyclic) bond motifs is 1. The van der Waals surface area contributed by atoms with Crippen LogP contribution in [0.5, 0.6) is 0 Å². The largest absolute Gasteiger partial charge is 0.285 e. The molecular weight excluding hydrogens is 164 g/mol. The maximum absolute atomic E-state index is 4.99. The van der Waals surface area contributed by atoms with Gasteiger partial charge in [-0.2, -0.15) is 0 Å². The molecule has 0 saturated carbocycles. The Hall–Kier alpha value is -1.18. The van der Waals surface area contributed by atoms with E-state index in [1.54, 1.807) is 0 Å². The predicted molar refractivity (Wildman–Crippen MR) is 51.8 cm³/mol. The zero-order chi connectivity index (χ0) is 9.26. The van der Waals surface area contributed by atoms with Crippen LogP contribution in [0.1, 0.15) is 30.9 Å². The normalized spacial score (nSPS) is 11.2. The molecule has 2 nitrogen and oxygen atoms in total. The van der Waals surface area contributed by atoms with Gasteiger partial charge in [0.15, 0.2) is 0 Å². The van der Waals surface area contributed by atoms with Crippen LogP contribution < -0.4 is 0 Å². The molecule has 0 N–H and O–H groups in total.